The summed E-state index contributed by atoms with van der Waals surface area (Å²) in [5.74, 6) is 2.38. The normalized spacial score (nSPS) is 13.2. The first-order valence-corrected chi connectivity index (χ1v) is 6.44. The van der Waals surface area contributed by atoms with E-state index in [4.69, 9.17) is 0 Å². The smallest absolute Gasteiger partial charge is 0.00156 e. The third-order valence-corrected chi connectivity index (χ3v) is 3.14. The highest BCUT2D eigenvalue weighted by atomic mass is 14.9. The van der Waals surface area contributed by atoms with Gasteiger partial charge in [-0.05, 0) is 42.7 Å². The van der Waals surface area contributed by atoms with Crippen molar-refractivity contribution in [2.75, 3.05) is 13.1 Å². The molecule has 0 aromatic heterocycles. The van der Waals surface area contributed by atoms with Crippen molar-refractivity contribution < 1.29 is 0 Å². The van der Waals surface area contributed by atoms with Gasteiger partial charge in [0.05, 0.1) is 0 Å². The SMILES string of the molecule is CC(C)C(CNCCC(C)(C)C)C(C)C. The van der Waals surface area contributed by atoms with Crippen molar-refractivity contribution in [2.24, 2.45) is 23.2 Å². The van der Waals surface area contributed by atoms with E-state index < -0.39 is 0 Å². The van der Waals surface area contributed by atoms with Gasteiger partial charge in [0.2, 0.25) is 0 Å². The molecule has 92 valence electrons. The minimum atomic E-state index is 0.457. The van der Waals surface area contributed by atoms with E-state index in [0.717, 1.165) is 24.3 Å². The lowest BCUT2D eigenvalue weighted by Crippen LogP contribution is -2.31. The lowest BCUT2D eigenvalue weighted by molar-refractivity contribution is 0.268. The largest absolute Gasteiger partial charge is 0.316 e. The zero-order valence-corrected chi connectivity index (χ0v) is 11.9. The van der Waals surface area contributed by atoms with Gasteiger partial charge in [-0.25, -0.2) is 0 Å². The molecule has 0 saturated heterocycles. The van der Waals surface area contributed by atoms with Crippen LogP contribution in [0.1, 0.15) is 54.9 Å². The van der Waals surface area contributed by atoms with Crippen LogP contribution in [-0.2, 0) is 0 Å². The van der Waals surface area contributed by atoms with E-state index >= 15 is 0 Å². The maximum absolute atomic E-state index is 3.60. The molecule has 0 fully saturated rings. The van der Waals surface area contributed by atoms with E-state index in [1.165, 1.54) is 13.0 Å². The van der Waals surface area contributed by atoms with E-state index in [9.17, 15) is 0 Å². The van der Waals surface area contributed by atoms with Crippen molar-refractivity contribution in [3.8, 4) is 0 Å². The van der Waals surface area contributed by atoms with Crippen LogP contribution in [0.15, 0.2) is 0 Å². The molecule has 0 aromatic carbocycles. The highest BCUT2D eigenvalue weighted by Gasteiger charge is 2.17. The van der Waals surface area contributed by atoms with Crippen LogP contribution >= 0.6 is 0 Å². The molecular formula is C14H31N. The second kappa shape index (κ2) is 6.52. The van der Waals surface area contributed by atoms with Crippen LogP contribution in [0.2, 0.25) is 0 Å². The Balaban J connectivity index is 3.73. The quantitative estimate of drug-likeness (QED) is 0.659. The molecule has 0 aliphatic heterocycles. The highest BCUT2D eigenvalue weighted by Crippen LogP contribution is 2.20. The third kappa shape index (κ3) is 7.84. The van der Waals surface area contributed by atoms with Crippen molar-refractivity contribution >= 4 is 0 Å². The first-order valence-electron chi connectivity index (χ1n) is 6.44. The zero-order valence-electron chi connectivity index (χ0n) is 11.9. The first kappa shape index (κ1) is 15.0. The Labute approximate surface area is 97.0 Å². The molecule has 1 N–H and O–H groups in total. The topological polar surface area (TPSA) is 12.0 Å². The van der Waals surface area contributed by atoms with Crippen molar-refractivity contribution in [3.63, 3.8) is 0 Å². The molecule has 1 nitrogen and oxygen atoms in total. The van der Waals surface area contributed by atoms with Gasteiger partial charge < -0.3 is 5.32 Å². The molecule has 0 bridgehead atoms. The van der Waals surface area contributed by atoms with Gasteiger partial charge in [-0.15, -0.1) is 0 Å². The summed E-state index contributed by atoms with van der Waals surface area (Å²) in [6.45, 7) is 18.6. The van der Waals surface area contributed by atoms with Crippen molar-refractivity contribution in [3.05, 3.63) is 0 Å². The van der Waals surface area contributed by atoms with Crippen LogP contribution in [0.4, 0.5) is 0 Å². The molecule has 0 spiro atoms. The summed E-state index contributed by atoms with van der Waals surface area (Å²) in [7, 11) is 0. The van der Waals surface area contributed by atoms with Gasteiger partial charge in [-0.3, -0.25) is 0 Å². The number of hydrogen-bond donors (Lipinski definition) is 1. The Morgan fingerprint density at radius 1 is 0.933 bits per heavy atom. The molecule has 0 heterocycles. The Morgan fingerprint density at radius 3 is 1.73 bits per heavy atom. The standard InChI is InChI=1S/C14H31N/c1-11(2)13(12(3)4)10-15-9-8-14(5,6)7/h11-13,15H,8-10H2,1-7H3. The Morgan fingerprint density at radius 2 is 1.40 bits per heavy atom. The lowest BCUT2D eigenvalue weighted by Gasteiger charge is -2.26. The Kier molecular flexibility index (Phi) is 6.51. The minimum Gasteiger partial charge on any atom is -0.316 e. The van der Waals surface area contributed by atoms with Crippen molar-refractivity contribution in [2.45, 2.75) is 54.9 Å². The van der Waals surface area contributed by atoms with Crippen molar-refractivity contribution in [1.29, 1.82) is 0 Å². The minimum absolute atomic E-state index is 0.457. The summed E-state index contributed by atoms with van der Waals surface area (Å²) < 4.78 is 0. The third-order valence-electron chi connectivity index (χ3n) is 3.14. The fraction of sp³-hybridized carbons (Fsp3) is 1.00. The van der Waals surface area contributed by atoms with E-state index in [0.29, 0.717) is 5.41 Å². The molecule has 0 saturated carbocycles. The summed E-state index contributed by atoms with van der Waals surface area (Å²) in [6.07, 6.45) is 1.26. The molecule has 0 rings (SSSR count). The van der Waals surface area contributed by atoms with E-state index in [-0.39, 0.29) is 0 Å². The average molecular weight is 213 g/mol. The maximum Gasteiger partial charge on any atom is -0.00156 e. The molecule has 0 aliphatic carbocycles. The molecule has 1 heteroatoms. The second-order valence-electron chi connectivity index (χ2n) is 6.67. The predicted molar refractivity (Wildman–Crippen MR) is 70.1 cm³/mol. The number of hydrogen-bond acceptors (Lipinski definition) is 1. The fourth-order valence-electron chi connectivity index (χ4n) is 1.97. The molecule has 15 heavy (non-hydrogen) atoms. The monoisotopic (exact) mass is 213 g/mol. The summed E-state index contributed by atoms with van der Waals surface area (Å²) in [5, 5.41) is 3.60. The highest BCUT2D eigenvalue weighted by molar-refractivity contribution is 4.70. The van der Waals surface area contributed by atoms with E-state index in [2.05, 4.69) is 53.8 Å². The summed E-state index contributed by atoms with van der Waals surface area (Å²) in [5.41, 5.74) is 0.457. The van der Waals surface area contributed by atoms with Crippen LogP contribution in [0.25, 0.3) is 0 Å². The van der Waals surface area contributed by atoms with Crippen LogP contribution in [0, 0.1) is 23.2 Å². The van der Waals surface area contributed by atoms with Crippen LogP contribution < -0.4 is 5.32 Å². The van der Waals surface area contributed by atoms with Crippen LogP contribution in [-0.4, -0.2) is 13.1 Å². The summed E-state index contributed by atoms with van der Waals surface area (Å²) in [6, 6.07) is 0. The first-order chi connectivity index (χ1) is 6.74. The molecule has 0 amide bonds. The summed E-state index contributed by atoms with van der Waals surface area (Å²) >= 11 is 0. The lowest BCUT2D eigenvalue weighted by atomic mass is 9.85. The summed E-state index contributed by atoms with van der Waals surface area (Å²) in [4.78, 5) is 0. The molecule has 0 aliphatic rings. The van der Waals surface area contributed by atoms with Crippen molar-refractivity contribution in [1.82, 2.24) is 5.32 Å². The van der Waals surface area contributed by atoms with Gasteiger partial charge in [0.1, 0.15) is 0 Å². The predicted octanol–water partition coefficient (Wildman–Crippen LogP) is 3.94. The maximum atomic E-state index is 3.60. The van der Waals surface area contributed by atoms with Gasteiger partial charge >= 0.3 is 0 Å². The van der Waals surface area contributed by atoms with Gasteiger partial charge in [0.15, 0.2) is 0 Å². The Bertz CT molecular complexity index is 145. The van der Waals surface area contributed by atoms with E-state index in [1.807, 2.05) is 0 Å². The fourth-order valence-corrected chi connectivity index (χ4v) is 1.97. The van der Waals surface area contributed by atoms with Gasteiger partial charge in [0.25, 0.3) is 0 Å². The number of nitrogens with one attached hydrogen (secondary N) is 1. The van der Waals surface area contributed by atoms with Gasteiger partial charge in [-0.1, -0.05) is 48.5 Å². The molecule has 0 atom stereocenters. The zero-order chi connectivity index (χ0) is 12.1. The van der Waals surface area contributed by atoms with Gasteiger partial charge in [0, 0.05) is 0 Å². The van der Waals surface area contributed by atoms with Crippen LogP contribution in [0.5, 0.6) is 0 Å². The average Bonchev–Trinajstić information content (AvgIpc) is 2.00. The van der Waals surface area contributed by atoms with Gasteiger partial charge in [-0.2, -0.15) is 0 Å². The number of rotatable bonds is 6. The molecular weight excluding hydrogens is 182 g/mol. The molecule has 0 unspecified atom stereocenters. The second-order valence-corrected chi connectivity index (χ2v) is 6.67. The molecule has 0 radical (unpaired) electrons. The van der Waals surface area contributed by atoms with Crippen LogP contribution in [0.3, 0.4) is 0 Å². The van der Waals surface area contributed by atoms with E-state index in [1.54, 1.807) is 0 Å². The Hall–Kier alpha value is -0.0400. The molecule has 0 aromatic rings.